The number of amides is 2. The third kappa shape index (κ3) is 11.4. The molecule has 2 unspecified atom stereocenters. The van der Waals surface area contributed by atoms with Crippen molar-refractivity contribution in [2.45, 2.75) is 102 Å². The highest BCUT2D eigenvalue weighted by molar-refractivity contribution is 5.79. The van der Waals surface area contributed by atoms with Crippen LogP contribution in [0.1, 0.15) is 70.4 Å². The fourth-order valence-corrected chi connectivity index (χ4v) is 7.70. The van der Waals surface area contributed by atoms with Gasteiger partial charge in [0.05, 0.1) is 37.5 Å². The highest BCUT2D eigenvalue weighted by Gasteiger charge is 2.44. The summed E-state index contributed by atoms with van der Waals surface area (Å²) in [7, 11) is 0. The molecule has 3 fully saturated rings. The predicted octanol–water partition coefficient (Wildman–Crippen LogP) is 4.50. The lowest BCUT2D eigenvalue weighted by atomic mass is 9.80. The first kappa shape index (κ1) is 37.1. The number of aliphatic hydroxyl groups is 2. The summed E-state index contributed by atoms with van der Waals surface area (Å²) < 4.78 is 17.0. The van der Waals surface area contributed by atoms with Crippen molar-refractivity contribution in [1.29, 1.82) is 0 Å². The number of carbonyl (C=O) groups excluding carboxylic acids is 2. The molecule has 2 amide bonds. The normalized spacial score (nSPS) is 24.7. The van der Waals surface area contributed by atoms with Crippen LogP contribution in [0.5, 0.6) is 5.75 Å². The average Bonchev–Trinajstić information content (AvgIpc) is 3.39. The van der Waals surface area contributed by atoms with Crippen molar-refractivity contribution in [2.75, 3.05) is 39.5 Å². The Kier molecular flexibility index (Phi) is 13.4. The van der Waals surface area contributed by atoms with Crippen molar-refractivity contribution in [3.63, 3.8) is 0 Å². The molecule has 0 radical (unpaired) electrons. The third-order valence-corrected chi connectivity index (χ3v) is 10.2. The first-order valence-electron chi connectivity index (χ1n) is 18.3. The summed E-state index contributed by atoms with van der Waals surface area (Å²) in [4.78, 5) is 29.4. The summed E-state index contributed by atoms with van der Waals surface area (Å²) in [5, 5.41) is 28.9. The largest absolute Gasteiger partial charge is 0.492 e. The molecule has 1 heterocycles. The van der Waals surface area contributed by atoms with E-state index in [-0.39, 0.29) is 24.3 Å². The third-order valence-electron chi connectivity index (χ3n) is 10.2. The van der Waals surface area contributed by atoms with Crippen LogP contribution in [0.3, 0.4) is 0 Å². The zero-order valence-electron chi connectivity index (χ0n) is 29.5. The summed E-state index contributed by atoms with van der Waals surface area (Å²) >= 11 is 0. The SMILES string of the molecule is CC(C)(C)OC(=O)N[C@@H](Cc1ccccc1)[C@@H](O)C[C@@H](Cc1ccc(OCCN2CCOCC2)cc1)C(=O)N[C@H]1C2CCCCC2C[C@H]1O. The quantitative estimate of drug-likeness (QED) is 0.230. The van der Waals surface area contributed by atoms with Crippen molar-refractivity contribution in [1.82, 2.24) is 15.5 Å². The van der Waals surface area contributed by atoms with E-state index < -0.39 is 35.9 Å². The minimum absolute atomic E-state index is 0.119. The molecule has 49 heavy (non-hydrogen) atoms. The number of fused-ring (bicyclic) bond motifs is 1. The van der Waals surface area contributed by atoms with Gasteiger partial charge in [0.25, 0.3) is 0 Å². The molecule has 7 atom stereocenters. The van der Waals surface area contributed by atoms with Gasteiger partial charge in [-0.1, -0.05) is 61.7 Å². The van der Waals surface area contributed by atoms with E-state index in [0.29, 0.717) is 25.4 Å². The number of nitrogens with one attached hydrogen (secondary N) is 2. The van der Waals surface area contributed by atoms with Gasteiger partial charge in [0.15, 0.2) is 0 Å². The van der Waals surface area contributed by atoms with Crippen molar-refractivity contribution < 1.29 is 34.0 Å². The van der Waals surface area contributed by atoms with Crippen LogP contribution in [-0.4, -0.2) is 96.5 Å². The maximum Gasteiger partial charge on any atom is 0.407 e. The fraction of sp³-hybridized carbons (Fsp3) is 0.641. The number of alkyl carbamates (subject to hydrolysis) is 1. The number of rotatable bonds is 14. The molecule has 1 saturated heterocycles. The molecule has 2 saturated carbocycles. The molecule has 3 aliphatic rings. The highest BCUT2D eigenvalue weighted by atomic mass is 16.6. The zero-order chi connectivity index (χ0) is 34.8. The van der Waals surface area contributed by atoms with Crippen LogP contribution < -0.4 is 15.4 Å². The maximum absolute atomic E-state index is 14.1. The van der Waals surface area contributed by atoms with E-state index >= 15 is 0 Å². The maximum atomic E-state index is 14.1. The molecule has 4 N–H and O–H groups in total. The lowest BCUT2D eigenvalue weighted by Gasteiger charge is -2.32. The van der Waals surface area contributed by atoms with Crippen LogP contribution in [0.4, 0.5) is 4.79 Å². The lowest BCUT2D eigenvalue weighted by Crippen LogP contribution is -2.50. The number of benzene rings is 2. The second-order valence-electron chi connectivity index (χ2n) is 15.1. The van der Waals surface area contributed by atoms with Crippen molar-refractivity contribution >= 4 is 12.0 Å². The van der Waals surface area contributed by atoms with E-state index in [1.807, 2.05) is 54.6 Å². The molecule has 2 aromatic carbocycles. The Balaban J connectivity index is 1.29. The summed E-state index contributed by atoms with van der Waals surface area (Å²) in [6, 6.07) is 16.5. The van der Waals surface area contributed by atoms with Crippen LogP contribution in [0.25, 0.3) is 0 Å². The van der Waals surface area contributed by atoms with Crippen molar-refractivity contribution in [2.24, 2.45) is 17.8 Å². The summed E-state index contributed by atoms with van der Waals surface area (Å²) in [6.45, 7) is 10.1. The van der Waals surface area contributed by atoms with Crippen molar-refractivity contribution in [3.05, 3.63) is 65.7 Å². The lowest BCUT2D eigenvalue weighted by molar-refractivity contribution is -0.128. The molecule has 10 heteroatoms. The van der Waals surface area contributed by atoms with E-state index in [2.05, 4.69) is 15.5 Å². The zero-order valence-corrected chi connectivity index (χ0v) is 29.5. The smallest absolute Gasteiger partial charge is 0.407 e. The molecule has 0 spiro atoms. The van der Waals surface area contributed by atoms with Gasteiger partial charge >= 0.3 is 6.09 Å². The second kappa shape index (κ2) is 17.7. The van der Waals surface area contributed by atoms with Gasteiger partial charge in [0.2, 0.25) is 5.91 Å². The van der Waals surface area contributed by atoms with Crippen LogP contribution >= 0.6 is 0 Å². The number of ether oxygens (including phenoxy) is 3. The van der Waals surface area contributed by atoms with Crippen LogP contribution in [0.15, 0.2) is 54.6 Å². The number of hydrogen-bond acceptors (Lipinski definition) is 8. The minimum Gasteiger partial charge on any atom is -0.492 e. The first-order chi connectivity index (χ1) is 23.5. The van der Waals surface area contributed by atoms with Crippen molar-refractivity contribution in [3.8, 4) is 5.75 Å². The highest BCUT2D eigenvalue weighted by Crippen LogP contribution is 2.42. The predicted molar refractivity (Wildman–Crippen MR) is 188 cm³/mol. The molecule has 0 aromatic heterocycles. The van der Waals surface area contributed by atoms with Gasteiger partial charge in [0, 0.05) is 25.6 Å². The number of carbonyl (C=O) groups is 2. The van der Waals surface area contributed by atoms with Gasteiger partial charge in [0.1, 0.15) is 18.0 Å². The Bertz CT molecular complexity index is 1310. The standard InChI is InChI=1S/C39H57N3O7/c1-39(2,3)49-38(46)40-33(24-27-9-5-4-6-10-27)34(43)26-30(37(45)41-36-32-12-8-7-11-29(32)25-35(36)44)23-28-13-15-31(16-14-28)48-22-19-42-17-20-47-21-18-42/h4-6,9-10,13-16,29-30,32-36,43-44H,7-8,11-12,17-26H2,1-3H3,(H,40,46)(H,41,45)/t29?,30-,32?,33+,34+,35-,36+/m1/s1. The molecular weight excluding hydrogens is 622 g/mol. The van der Waals surface area contributed by atoms with Gasteiger partial charge in [-0.2, -0.15) is 0 Å². The van der Waals surface area contributed by atoms with E-state index in [4.69, 9.17) is 14.2 Å². The molecule has 1 aliphatic heterocycles. The molecule has 0 bridgehead atoms. The number of nitrogens with zero attached hydrogens (tertiary/aromatic N) is 1. The van der Waals surface area contributed by atoms with E-state index in [9.17, 15) is 19.8 Å². The summed E-state index contributed by atoms with van der Waals surface area (Å²) in [5.74, 6) is 0.682. The molecule has 270 valence electrons. The Hall–Kier alpha value is -3.18. The Morgan fingerprint density at radius 2 is 1.67 bits per heavy atom. The molecule has 2 aromatic rings. The van der Waals surface area contributed by atoms with Crippen LogP contribution in [-0.2, 0) is 27.1 Å². The first-order valence-corrected chi connectivity index (χ1v) is 18.3. The van der Waals surface area contributed by atoms with Gasteiger partial charge in [-0.25, -0.2) is 4.79 Å². The minimum atomic E-state index is -1.04. The van der Waals surface area contributed by atoms with E-state index in [1.54, 1.807) is 20.8 Å². The second-order valence-corrected chi connectivity index (χ2v) is 15.1. The van der Waals surface area contributed by atoms with Crippen LogP contribution in [0.2, 0.25) is 0 Å². The summed E-state index contributed by atoms with van der Waals surface area (Å²) in [5.41, 5.74) is 1.19. The molecule has 10 nitrogen and oxygen atoms in total. The van der Waals surface area contributed by atoms with Gasteiger partial charge in [-0.15, -0.1) is 0 Å². The van der Waals surface area contributed by atoms with Crippen LogP contribution in [0, 0.1) is 17.8 Å². The molecule has 2 aliphatic carbocycles. The Morgan fingerprint density at radius 3 is 2.39 bits per heavy atom. The Morgan fingerprint density at radius 1 is 0.980 bits per heavy atom. The van der Waals surface area contributed by atoms with E-state index in [1.165, 1.54) is 6.42 Å². The fourth-order valence-electron chi connectivity index (χ4n) is 7.70. The monoisotopic (exact) mass is 679 g/mol. The average molecular weight is 680 g/mol. The van der Waals surface area contributed by atoms with E-state index in [0.717, 1.165) is 75.4 Å². The molecular formula is C39H57N3O7. The number of morpholine rings is 1. The molecule has 5 rings (SSSR count). The van der Waals surface area contributed by atoms with Gasteiger partial charge < -0.3 is 35.1 Å². The number of hydrogen-bond donors (Lipinski definition) is 4. The number of aliphatic hydroxyl groups excluding tert-OH is 2. The van der Waals surface area contributed by atoms with Gasteiger partial charge in [-0.05, 0) is 88.0 Å². The summed E-state index contributed by atoms with van der Waals surface area (Å²) in [6.07, 6.45) is 3.75. The van der Waals surface area contributed by atoms with Gasteiger partial charge in [-0.3, -0.25) is 9.69 Å². The topological polar surface area (TPSA) is 130 Å². The Labute approximate surface area is 291 Å².